The number of hydrogen-bond donors (Lipinski definition) is 2. The lowest BCUT2D eigenvalue weighted by Gasteiger charge is -2.32. The van der Waals surface area contributed by atoms with Gasteiger partial charge in [-0.3, -0.25) is 4.79 Å². The second-order valence-corrected chi connectivity index (χ2v) is 7.67. The summed E-state index contributed by atoms with van der Waals surface area (Å²) in [6.07, 6.45) is 6.09. The summed E-state index contributed by atoms with van der Waals surface area (Å²) in [5.74, 6) is 0.0450. The molecule has 1 unspecified atom stereocenters. The van der Waals surface area contributed by atoms with E-state index in [1.54, 1.807) is 0 Å². The minimum Gasteiger partial charge on any atom is -0.392 e. The van der Waals surface area contributed by atoms with E-state index in [9.17, 15) is 4.79 Å². The van der Waals surface area contributed by atoms with Crippen LogP contribution >= 0.6 is 0 Å². The van der Waals surface area contributed by atoms with Crippen molar-refractivity contribution < 1.29 is 9.90 Å². The van der Waals surface area contributed by atoms with Gasteiger partial charge in [-0.2, -0.15) is 0 Å². The Balaban J connectivity index is 1.73. The zero-order chi connectivity index (χ0) is 19.8. The Morgan fingerprint density at radius 1 is 1.04 bits per heavy atom. The molecule has 1 atom stereocenters. The van der Waals surface area contributed by atoms with Crippen molar-refractivity contribution in [2.45, 2.75) is 58.1 Å². The molecule has 150 valence electrons. The first-order chi connectivity index (χ1) is 13.7. The number of amides is 1. The summed E-state index contributed by atoms with van der Waals surface area (Å²) in [5.41, 5.74) is 4.33. The molecule has 1 saturated heterocycles. The zero-order valence-electron chi connectivity index (χ0n) is 16.9. The van der Waals surface area contributed by atoms with Gasteiger partial charge < -0.3 is 15.3 Å². The van der Waals surface area contributed by atoms with Gasteiger partial charge >= 0.3 is 0 Å². The third-order valence-corrected chi connectivity index (χ3v) is 5.49. The summed E-state index contributed by atoms with van der Waals surface area (Å²) in [7, 11) is 0. The summed E-state index contributed by atoms with van der Waals surface area (Å²) in [5, 5.41) is 12.4. The van der Waals surface area contributed by atoms with Gasteiger partial charge in [0.05, 0.1) is 19.1 Å². The van der Waals surface area contributed by atoms with Crippen molar-refractivity contribution >= 4 is 11.6 Å². The van der Waals surface area contributed by atoms with Gasteiger partial charge in [0.1, 0.15) is 0 Å². The molecule has 0 aromatic heterocycles. The standard InChI is InChI=1S/C24H32N2O2/c1-2-8-22(25-24(28)17-19-11-13-20(18-27)14-12-19)21-9-4-5-10-23(21)26-15-6-3-7-16-26/h4-5,9-14,22,27H,2-3,6-8,15-18H2,1H3,(H,25,28). The van der Waals surface area contributed by atoms with E-state index in [1.807, 2.05) is 24.3 Å². The van der Waals surface area contributed by atoms with Gasteiger partial charge in [-0.15, -0.1) is 0 Å². The second-order valence-electron chi connectivity index (χ2n) is 7.67. The third kappa shape index (κ3) is 5.35. The Bertz CT molecular complexity index is 751. The molecule has 4 heteroatoms. The Morgan fingerprint density at radius 2 is 1.71 bits per heavy atom. The summed E-state index contributed by atoms with van der Waals surface area (Å²) in [4.78, 5) is 15.2. The smallest absolute Gasteiger partial charge is 0.224 e. The van der Waals surface area contributed by atoms with Gasteiger partial charge in [0.2, 0.25) is 5.91 Å². The molecule has 3 rings (SSSR count). The minimum atomic E-state index is 0.0261. The lowest BCUT2D eigenvalue weighted by atomic mass is 9.98. The van der Waals surface area contributed by atoms with Gasteiger partial charge in [-0.05, 0) is 48.4 Å². The molecular weight excluding hydrogens is 348 g/mol. The number of para-hydroxylation sites is 1. The first kappa shape index (κ1) is 20.4. The quantitative estimate of drug-likeness (QED) is 0.715. The normalized spacial score (nSPS) is 15.3. The van der Waals surface area contributed by atoms with E-state index in [0.717, 1.165) is 37.1 Å². The number of carbonyl (C=O) groups is 1. The van der Waals surface area contributed by atoms with E-state index in [4.69, 9.17) is 5.11 Å². The predicted molar refractivity (Wildman–Crippen MR) is 114 cm³/mol. The molecule has 2 N–H and O–H groups in total. The highest BCUT2D eigenvalue weighted by Crippen LogP contribution is 2.31. The Morgan fingerprint density at radius 3 is 2.39 bits per heavy atom. The molecule has 1 aliphatic rings. The predicted octanol–water partition coefficient (Wildman–Crippen LogP) is 4.37. The van der Waals surface area contributed by atoms with E-state index in [-0.39, 0.29) is 18.6 Å². The maximum atomic E-state index is 12.7. The van der Waals surface area contributed by atoms with Crippen LogP contribution in [-0.4, -0.2) is 24.1 Å². The Hall–Kier alpha value is -2.33. The molecule has 1 aliphatic heterocycles. The van der Waals surface area contributed by atoms with Crippen LogP contribution in [0, 0.1) is 0 Å². The summed E-state index contributed by atoms with van der Waals surface area (Å²) >= 11 is 0. The highest BCUT2D eigenvalue weighted by molar-refractivity contribution is 5.79. The largest absolute Gasteiger partial charge is 0.392 e. The average Bonchev–Trinajstić information content (AvgIpc) is 2.74. The number of aliphatic hydroxyl groups is 1. The lowest BCUT2D eigenvalue weighted by Crippen LogP contribution is -2.34. The fourth-order valence-corrected chi connectivity index (χ4v) is 3.99. The number of nitrogens with one attached hydrogen (secondary N) is 1. The molecule has 28 heavy (non-hydrogen) atoms. The molecule has 2 aromatic rings. The van der Waals surface area contributed by atoms with Crippen molar-refractivity contribution in [1.82, 2.24) is 5.32 Å². The molecule has 0 bridgehead atoms. The number of hydrogen-bond acceptors (Lipinski definition) is 3. The maximum Gasteiger partial charge on any atom is 0.224 e. The molecule has 1 fully saturated rings. The first-order valence-corrected chi connectivity index (χ1v) is 10.5. The summed E-state index contributed by atoms with van der Waals surface area (Å²) in [6, 6.07) is 16.2. The van der Waals surface area contributed by atoms with Crippen LogP contribution in [0.5, 0.6) is 0 Å². The number of benzene rings is 2. The number of aliphatic hydroxyl groups excluding tert-OH is 1. The van der Waals surface area contributed by atoms with Crippen LogP contribution < -0.4 is 10.2 Å². The molecule has 1 amide bonds. The first-order valence-electron chi connectivity index (χ1n) is 10.5. The van der Waals surface area contributed by atoms with Gasteiger partial charge in [0.15, 0.2) is 0 Å². The van der Waals surface area contributed by atoms with Crippen LogP contribution in [0.25, 0.3) is 0 Å². The van der Waals surface area contributed by atoms with Gasteiger partial charge in [0.25, 0.3) is 0 Å². The summed E-state index contributed by atoms with van der Waals surface area (Å²) in [6.45, 7) is 4.39. The number of carbonyl (C=O) groups excluding carboxylic acids is 1. The van der Waals surface area contributed by atoms with E-state index in [0.29, 0.717) is 6.42 Å². The lowest BCUT2D eigenvalue weighted by molar-refractivity contribution is -0.121. The van der Waals surface area contributed by atoms with Gasteiger partial charge in [0, 0.05) is 18.8 Å². The van der Waals surface area contributed by atoms with E-state index in [1.165, 1.54) is 30.5 Å². The Labute approximate surface area is 168 Å². The molecule has 4 nitrogen and oxygen atoms in total. The van der Waals surface area contributed by atoms with Crippen molar-refractivity contribution in [3.8, 4) is 0 Å². The van der Waals surface area contributed by atoms with Crippen LogP contribution in [0.4, 0.5) is 5.69 Å². The highest BCUT2D eigenvalue weighted by atomic mass is 16.3. The number of anilines is 1. The second kappa shape index (κ2) is 10.3. The van der Waals surface area contributed by atoms with Crippen LogP contribution in [0.1, 0.15) is 61.8 Å². The van der Waals surface area contributed by atoms with Crippen LogP contribution in [0.2, 0.25) is 0 Å². The molecule has 0 spiro atoms. The van der Waals surface area contributed by atoms with Crippen molar-refractivity contribution in [1.29, 1.82) is 0 Å². The molecular formula is C24H32N2O2. The number of rotatable bonds is 8. The minimum absolute atomic E-state index is 0.0261. The summed E-state index contributed by atoms with van der Waals surface area (Å²) < 4.78 is 0. The van der Waals surface area contributed by atoms with Crippen LogP contribution in [0.15, 0.2) is 48.5 Å². The van der Waals surface area contributed by atoms with Gasteiger partial charge in [-0.25, -0.2) is 0 Å². The maximum absolute atomic E-state index is 12.7. The van der Waals surface area contributed by atoms with Crippen molar-refractivity contribution in [2.75, 3.05) is 18.0 Å². The molecule has 1 heterocycles. The fraction of sp³-hybridized carbons (Fsp3) is 0.458. The molecule has 0 aliphatic carbocycles. The third-order valence-electron chi connectivity index (χ3n) is 5.49. The average molecular weight is 381 g/mol. The fourth-order valence-electron chi connectivity index (χ4n) is 3.99. The Kier molecular flexibility index (Phi) is 7.49. The van der Waals surface area contributed by atoms with Crippen molar-refractivity contribution in [2.24, 2.45) is 0 Å². The van der Waals surface area contributed by atoms with Crippen LogP contribution in [-0.2, 0) is 17.8 Å². The van der Waals surface area contributed by atoms with Gasteiger partial charge in [-0.1, -0.05) is 55.8 Å². The monoisotopic (exact) mass is 380 g/mol. The molecule has 2 aromatic carbocycles. The SMILES string of the molecule is CCCC(NC(=O)Cc1ccc(CO)cc1)c1ccccc1N1CCCCC1. The van der Waals surface area contributed by atoms with E-state index < -0.39 is 0 Å². The van der Waals surface area contributed by atoms with Crippen molar-refractivity contribution in [3.05, 3.63) is 65.2 Å². The number of piperidine rings is 1. The zero-order valence-corrected chi connectivity index (χ0v) is 16.9. The molecule has 0 radical (unpaired) electrons. The van der Waals surface area contributed by atoms with E-state index in [2.05, 4.69) is 41.4 Å². The van der Waals surface area contributed by atoms with Crippen LogP contribution in [0.3, 0.4) is 0 Å². The number of nitrogens with zero attached hydrogens (tertiary/aromatic N) is 1. The topological polar surface area (TPSA) is 52.6 Å². The van der Waals surface area contributed by atoms with E-state index >= 15 is 0 Å². The van der Waals surface area contributed by atoms with Crippen molar-refractivity contribution in [3.63, 3.8) is 0 Å². The molecule has 0 saturated carbocycles. The highest BCUT2D eigenvalue weighted by Gasteiger charge is 2.21.